The van der Waals surface area contributed by atoms with Crippen LogP contribution in [0.3, 0.4) is 0 Å². The molecule has 0 saturated carbocycles. The molecule has 0 unspecified atom stereocenters. The number of fused-ring (bicyclic) bond motifs is 1. The molecule has 1 heterocycles. The van der Waals surface area contributed by atoms with Crippen LogP contribution in [0.4, 0.5) is 5.69 Å². The zero-order valence-corrected chi connectivity index (χ0v) is 16.8. The highest BCUT2D eigenvalue weighted by Crippen LogP contribution is 2.19. The van der Waals surface area contributed by atoms with Gasteiger partial charge in [0.2, 0.25) is 10.0 Å². The van der Waals surface area contributed by atoms with Crippen LogP contribution in [0.2, 0.25) is 0 Å². The molecule has 0 bridgehead atoms. The number of carbonyl (C=O) groups is 2. The minimum atomic E-state index is -3.64. The maximum absolute atomic E-state index is 12.3. The molecular formula is C18H19N5O5S. The third-order valence-electron chi connectivity index (χ3n) is 4.04. The number of nitrogens with one attached hydrogen (secondary N) is 1. The number of carbonyl (C=O) groups excluding carboxylic acids is 2. The number of amides is 1. The zero-order valence-electron chi connectivity index (χ0n) is 16.0. The average Bonchev–Trinajstić information content (AvgIpc) is 3.08. The number of benzene rings is 2. The van der Waals surface area contributed by atoms with Crippen molar-refractivity contribution in [1.82, 2.24) is 19.5 Å². The standard InChI is InChI=1S/C18H19N5O5S/c1-12(24)13-5-4-6-14(9-13)19-18(25)11-28-23-17-10-15(29(26,27)22(2)3)7-8-16(17)20-21-23/h4-10H,11H2,1-3H3,(H,19,25). The van der Waals surface area contributed by atoms with Crippen molar-refractivity contribution in [2.24, 2.45) is 0 Å². The minimum absolute atomic E-state index is 0.0487. The van der Waals surface area contributed by atoms with Crippen LogP contribution in [0.1, 0.15) is 17.3 Å². The fourth-order valence-corrected chi connectivity index (χ4v) is 3.40. The van der Waals surface area contributed by atoms with Crippen LogP contribution in [0, 0.1) is 0 Å². The van der Waals surface area contributed by atoms with Crippen molar-refractivity contribution in [1.29, 1.82) is 0 Å². The van der Waals surface area contributed by atoms with Crippen molar-refractivity contribution < 1.29 is 22.8 Å². The lowest BCUT2D eigenvalue weighted by Crippen LogP contribution is -2.26. The summed E-state index contributed by atoms with van der Waals surface area (Å²) in [4.78, 5) is 30.0. The van der Waals surface area contributed by atoms with Gasteiger partial charge in [0.05, 0.1) is 4.90 Å². The van der Waals surface area contributed by atoms with Crippen LogP contribution in [0.25, 0.3) is 11.0 Å². The smallest absolute Gasteiger partial charge is 0.265 e. The fraction of sp³-hybridized carbons (Fsp3) is 0.222. The van der Waals surface area contributed by atoms with Crippen LogP contribution in [0.5, 0.6) is 0 Å². The minimum Gasteiger partial charge on any atom is -0.385 e. The van der Waals surface area contributed by atoms with E-state index in [1.807, 2.05) is 0 Å². The number of anilines is 1. The van der Waals surface area contributed by atoms with Gasteiger partial charge in [0.25, 0.3) is 5.91 Å². The maximum atomic E-state index is 12.3. The molecular weight excluding hydrogens is 398 g/mol. The summed E-state index contributed by atoms with van der Waals surface area (Å²) in [5.74, 6) is -0.596. The molecule has 0 aliphatic carbocycles. The Balaban J connectivity index is 1.74. The number of ketones is 1. The van der Waals surface area contributed by atoms with Crippen LogP contribution < -0.4 is 10.2 Å². The second-order valence-electron chi connectivity index (χ2n) is 6.36. The molecule has 2 aromatic carbocycles. The Morgan fingerprint density at radius 2 is 1.93 bits per heavy atom. The number of nitrogens with zero attached hydrogens (tertiary/aromatic N) is 4. The molecule has 10 nitrogen and oxygen atoms in total. The predicted molar refractivity (Wildman–Crippen MR) is 105 cm³/mol. The van der Waals surface area contributed by atoms with Crippen molar-refractivity contribution in [3.05, 3.63) is 48.0 Å². The molecule has 0 aliphatic rings. The third kappa shape index (κ3) is 4.41. The summed E-state index contributed by atoms with van der Waals surface area (Å²) < 4.78 is 25.7. The van der Waals surface area contributed by atoms with Gasteiger partial charge in [-0.1, -0.05) is 17.0 Å². The summed E-state index contributed by atoms with van der Waals surface area (Å²) >= 11 is 0. The van der Waals surface area contributed by atoms with Crippen LogP contribution in [0.15, 0.2) is 47.4 Å². The molecule has 29 heavy (non-hydrogen) atoms. The normalized spacial score (nSPS) is 11.6. The molecule has 1 N–H and O–H groups in total. The second-order valence-corrected chi connectivity index (χ2v) is 8.51. The van der Waals surface area contributed by atoms with Gasteiger partial charge in [-0.15, -0.1) is 5.10 Å². The Kier molecular flexibility index (Phi) is 5.62. The molecule has 3 aromatic rings. The van der Waals surface area contributed by atoms with E-state index < -0.39 is 22.5 Å². The van der Waals surface area contributed by atoms with Gasteiger partial charge in [0, 0.05) is 25.3 Å². The Morgan fingerprint density at radius 1 is 1.17 bits per heavy atom. The Labute approximate surface area is 167 Å². The molecule has 0 fully saturated rings. The molecule has 0 spiro atoms. The summed E-state index contributed by atoms with van der Waals surface area (Å²) in [6.45, 7) is 1.04. The van der Waals surface area contributed by atoms with Crippen molar-refractivity contribution in [2.75, 3.05) is 26.0 Å². The lowest BCUT2D eigenvalue weighted by Gasteiger charge is -2.11. The van der Waals surface area contributed by atoms with E-state index in [1.165, 1.54) is 39.2 Å². The van der Waals surface area contributed by atoms with Gasteiger partial charge < -0.3 is 10.2 Å². The summed E-state index contributed by atoms with van der Waals surface area (Å²) in [5, 5.41) is 10.3. The summed E-state index contributed by atoms with van der Waals surface area (Å²) in [5.41, 5.74) is 1.64. The van der Waals surface area contributed by atoms with E-state index in [4.69, 9.17) is 4.84 Å². The summed E-state index contributed by atoms with van der Waals surface area (Å²) in [7, 11) is -0.789. The lowest BCUT2D eigenvalue weighted by atomic mass is 10.1. The van der Waals surface area contributed by atoms with Gasteiger partial charge in [-0.05, 0) is 42.5 Å². The number of rotatable bonds is 7. The van der Waals surface area contributed by atoms with E-state index in [0.29, 0.717) is 22.3 Å². The summed E-state index contributed by atoms with van der Waals surface area (Å²) in [6.07, 6.45) is 0. The number of hydrogen-bond acceptors (Lipinski definition) is 7. The largest absolute Gasteiger partial charge is 0.385 e. The van der Waals surface area contributed by atoms with E-state index in [1.54, 1.807) is 24.3 Å². The van der Waals surface area contributed by atoms with Crippen LogP contribution in [-0.4, -0.2) is 60.3 Å². The second kappa shape index (κ2) is 7.97. The number of sulfonamides is 1. The van der Waals surface area contributed by atoms with E-state index in [9.17, 15) is 18.0 Å². The lowest BCUT2D eigenvalue weighted by molar-refractivity contribution is -0.121. The quantitative estimate of drug-likeness (QED) is 0.568. The molecule has 0 atom stereocenters. The molecule has 0 radical (unpaired) electrons. The molecule has 1 aromatic heterocycles. The highest BCUT2D eigenvalue weighted by Gasteiger charge is 2.19. The van der Waals surface area contributed by atoms with Crippen molar-refractivity contribution in [3.8, 4) is 0 Å². The topological polar surface area (TPSA) is 123 Å². The van der Waals surface area contributed by atoms with E-state index in [2.05, 4.69) is 15.6 Å². The first-order valence-electron chi connectivity index (χ1n) is 8.50. The number of hydrogen-bond donors (Lipinski definition) is 1. The zero-order chi connectivity index (χ0) is 21.2. The first kappa shape index (κ1) is 20.4. The summed E-state index contributed by atoms with van der Waals surface area (Å²) in [6, 6.07) is 10.8. The van der Waals surface area contributed by atoms with Gasteiger partial charge >= 0.3 is 0 Å². The number of Topliss-reactive ketones (excluding diaryl/α,β-unsaturated/α-hetero) is 1. The first-order chi connectivity index (χ1) is 13.7. The van der Waals surface area contributed by atoms with Gasteiger partial charge in [-0.25, -0.2) is 12.7 Å². The van der Waals surface area contributed by atoms with Gasteiger partial charge in [0.15, 0.2) is 12.4 Å². The molecule has 0 aliphatic heterocycles. The van der Waals surface area contributed by atoms with E-state index in [-0.39, 0.29) is 10.7 Å². The van der Waals surface area contributed by atoms with Crippen LogP contribution >= 0.6 is 0 Å². The predicted octanol–water partition coefficient (Wildman–Crippen LogP) is 0.951. The fourth-order valence-electron chi connectivity index (χ4n) is 2.48. The van der Waals surface area contributed by atoms with E-state index >= 15 is 0 Å². The monoisotopic (exact) mass is 417 g/mol. The maximum Gasteiger partial charge on any atom is 0.265 e. The molecule has 11 heteroatoms. The van der Waals surface area contributed by atoms with Crippen LogP contribution in [-0.2, 0) is 14.8 Å². The van der Waals surface area contributed by atoms with Crippen molar-refractivity contribution in [3.63, 3.8) is 0 Å². The van der Waals surface area contributed by atoms with Crippen molar-refractivity contribution >= 4 is 38.4 Å². The highest BCUT2D eigenvalue weighted by molar-refractivity contribution is 7.89. The van der Waals surface area contributed by atoms with Crippen molar-refractivity contribution in [2.45, 2.75) is 11.8 Å². The molecule has 1 amide bonds. The third-order valence-corrected chi connectivity index (χ3v) is 5.85. The van der Waals surface area contributed by atoms with Gasteiger partial charge in [0.1, 0.15) is 11.0 Å². The molecule has 3 rings (SSSR count). The Bertz CT molecular complexity index is 1190. The molecule has 0 saturated heterocycles. The Morgan fingerprint density at radius 3 is 2.62 bits per heavy atom. The van der Waals surface area contributed by atoms with Gasteiger partial charge in [-0.3, -0.25) is 9.59 Å². The van der Waals surface area contributed by atoms with Gasteiger partial charge in [-0.2, -0.15) is 0 Å². The first-order valence-corrected chi connectivity index (χ1v) is 9.94. The SMILES string of the molecule is CC(=O)c1cccc(NC(=O)COn2nnc3ccc(S(=O)(=O)N(C)C)cc32)c1. The number of aromatic nitrogens is 3. The average molecular weight is 417 g/mol. The molecule has 152 valence electrons. The van der Waals surface area contributed by atoms with E-state index in [0.717, 1.165) is 9.15 Å². The highest BCUT2D eigenvalue weighted by atomic mass is 32.2. The Hall–Kier alpha value is -3.31.